The average molecular weight is 297 g/mol. The van der Waals surface area contributed by atoms with E-state index in [1.807, 2.05) is 0 Å². The van der Waals surface area contributed by atoms with E-state index < -0.39 is 22.8 Å². The molecule has 1 rings (SSSR count). The van der Waals surface area contributed by atoms with Crippen LogP contribution in [-0.2, 0) is 31.5 Å². The Labute approximate surface area is 121 Å². The maximum Gasteiger partial charge on any atom is 0.322 e. The molecule has 1 aromatic carbocycles. The molecule has 2 unspecified atom stereocenters. The second-order valence-corrected chi connectivity index (χ2v) is 5.81. The zero-order valence-electron chi connectivity index (χ0n) is 11.6. The summed E-state index contributed by atoms with van der Waals surface area (Å²) >= 11 is 0. The monoisotopic (exact) mass is 297 g/mol. The Kier molecular flexibility index (Phi) is 6.54. The van der Waals surface area contributed by atoms with E-state index in [4.69, 9.17) is 5.73 Å². The first-order chi connectivity index (χ1) is 9.47. The molecule has 0 spiro atoms. The molecule has 0 aliphatic rings. The van der Waals surface area contributed by atoms with Gasteiger partial charge in [0.25, 0.3) is 0 Å². The van der Waals surface area contributed by atoms with Gasteiger partial charge in [-0.15, -0.1) is 0 Å². The van der Waals surface area contributed by atoms with Crippen LogP contribution in [0.5, 0.6) is 0 Å². The van der Waals surface area contributed by atoms with Crippen LogP contribution < -0.4 is 5.73 Å². The topological polar surface area (TPSA) is 86.5 Å². The Morgan fingerprint density at radius 2 is 1.90 bits per heavy atom. The van der Waals surface area contributed by atoms with Gasteiger partial charge in [-0.2, -0.15) is 0 Å². The fourth-order valence-corrected chi connectivity index (χ4v) is 2.70. The standard InChI is InChI=1S/C14H19NO4S/c1-3-11(16)9-20(18)12-6-4-10(5-7-12)8-13(15)14(17)19-2/h4-7,13H,3,8-9,15H2,1-2H3. The summed E-state index contributed by atoms with van der Waals surface area (Å²) in [5.74, 6) is -0.455. The summed E-state index contributed by atoms with van der Waals surface area (Å²) in [7, 11) is -0.0263. The van der Waals surface area contributed by atoms with Gasteiger partial charge in [-0.25, -0.2) is 0 Å². The molecule has 0 heterocycles. The van der Waals surface area contributed by atoms with E-state index in [9.17, 15) is 13.8 Å². The zero-order valence-corrected chi connectivity index (χ0v) is 12.4. The van der Waals surface area contributed by atoms with E-state index in [0.717, 1.165) is 5.56 Å². The fraction of sp³-hybridized carbons (Fsp3) is 0.429. The second kappa shape index (κ2) is 7.91. The number of hydrogen-bond donors (Lipinski definition) is 1. The maximum absolute atomic E-state index is 11.9. The third kappa shape index (κ3) is 4.86. The van der Waals surface area contributed by atoms with Crippen LogP contribution >= 0.6 is 0 Å². The van der Waals surface area contributed by atoms with Gasteiger partial charge in [-0.3, -0.25) is 13.8 Å². The normalized spacial score (nSPS) is 13.6. The van der Waals surface area contributed by atoms with Crippen molar-refractivity contribution in [3.63, 3.8) is 0 Å². The summed E-state index contributed by atoms with van der Waals surface area (Å²) in [6.45, 7) is 1.75. The first kappa shape index (κ1) is 16.5. The number of Topliss-reactive ketones (excluding diaryl/α,β-unsaturated/α-hetero) is 1. The van der Waals surface area contributed by atoms with E-state index in [1.165, 1.54) is 7.11 Å². The Hall–Kier alpha value is -1.53. The number of ketones is 1. The summed E-state index contributed by atoms with van der Waals surface area (Å²) in [5, 5.41) is 0. The molecule has 0 fully saturated rings. The predicted octanol–water partition coefficient (Wildman–Crippen LogP) is 0.816. The minimum absolute atomic E-state index is 0.0277. The van der Waals surface area contributed by atoms with Crippen molar-refractivity contribution in [3.8, 4) is 0 Å². The van der Waals surface area contributed by atoms with Crippen molar-refractivity contribution >= 4 is 22.6 Å². The lowest BCUT2D eigenvalue weighted by Crippen LogP contribution is -2.33. The number of carbonyl (C=O) groups excluding carboxylic acids is 2. The predicted molar refractivity (Wildman–Crippen MR) is 76.7 cm³/mol. The lowest BCUT2D eigenvalue weighted by molar-refractivity contribution is -0.142. The molecule has 0 amide bonds. The van der Waals surface area contributed by atoms with Crippen molar-refractivity contribution in [2.24, 2.45) is 5.73 Å². The minimum atomic E-state index is -1.32. The molecule has 6 heteroatoms. The van der Waals surface area contributed by atoms with Crippen molar-refractivity contribution in [3.05, 3.63) is 29.8 Å². The number of nitrogens with two attached hydrogens (primary N) is 1. The van der Waals surface area contributed by atoms with E-state index in [2.05, 4.69) is 4.74 Å². The molecule has 0 saturated heterocycles. The largest absolute Gasteiger partial charge is 0.468 e. The summed E-state index contributed by atoms with van der Waals surface area (Å²) < 4.78 is 16.4. The first-order valence-electron chi connectivity index (χ1n) is 6.30. The molecule has 2 N–H and O–H groups in total. The molecule has 110 valence electrons. The Balaban J connectivity index is 2.67. The quantitative estimate of drug-likeness (QED) is 0.753. The molecule has 20 heavy (non-hydrogen) atoms. The van der Waals surface area contributed by atoms with Gasteiger partial charge >= 0.3 is 5.97 Å². The maximum atomic E-state index is 11.9. The number of benzene rings is 1. The van der Waals surface area contributed by atoms with Crippen LogP contribution in [0.3, 0.4) is 0 Å². The summed E-state index contributed by atoms with van der Waals surface area (Å²) in [6, 6.07) is 6.19. The molecule has 0 bridgehead atoms. The zero-order chi connectivity index (χ0) is 15.1. The molecule has 0 saturated carbocycles. The van der Waals surface area contributed by atoms with E-state index >= 15 is 0 Å². The molecule has 0 aromatic heterocycles. The van der Waals surface area contributed by atoms with Gasteiger partial charge in [0.2, 0.25) is 0 Å². The third-order valence-corrected chi connectivity index (χ3v) is 4.21. The lowest BCUT2D eigenvalue weighted by atomic mass is 10.1. The molecular formula is C14H19NO4S. The van der Waals surface area contributed by atoms with Crippen LogP contribution in [0.2, 0.25) is 0 Å². The van der Waals surface area contributed by atoms with Gasteiger partial charge in [0.1, 0.15) is 11.8 Å². The highest BCUT2D eigenvalue weighted by molar-refractivity contribution is 7.85. The average Bonchev–Trinajstić information content (AvgIpc) is 2.46. The number of ether oxygens (including phenoxy) is 1. The van der Waals surface area contributed by atoms with Crippen molar-refractivity contribution in [1.82, 2.24) is 0 Å². The van der Waals surface area contributed by atoms with Gasteiger partial charge in [0.05, 0.1) is 23.7 Å². The van der Waals surface area contributed by atoms with Crippen molar-refractivity contribution in [2.45, 2.75) is 30.7 Å². The van der Waals surface area contributed by atoms with Gasteiger partial charge in [0, 0.05) is 11.3 Å². The molecule has 0 aliphatic carbocycles. The molecule has 5 nitrogen and oxygen atoms in total. The van der Waals surface area contributed by atoms with E-state index in [0.29, 0.717) is 17.7 Å². The highest BCUT2D eigenvalue weighted by atomic mass is 32.2. The van der Waals surface area contributed by atoms with Crippen LogP contribution in [0.1, 0.15) is 18.9 Å². The number of hydrogen-bond acceptors (Lipinski definition) is 5. The molecule has 2 atom stereocenters. The summed E-state index contributed by atoms with van der Waals surface area (Å²) in [5.41, 5.74) is 6.51. The van der Waals surface area contributed by atoms with Crippen molar-refractivity contribution in [2.75, 3.05) is 12.9 Å². The van der Waals surface area contributed by atoms with Crippen LogP contribution in [0.25, 0.3) is 0 Å². The molecule has 1 aromatic rings. The van der Waals surface area contributed by atoms with Gasteiger partial charge < -0.3 is 10.5 Å². The molecule has 0 aliphatic heterocycles. The van der Waals surface area contributed by atoms with Crippen molar-refractivity contribution < 1.29 is 18.5 Å². The van der Waals surface area contributed by atoms with Crippen LogP contribution in [0.15, 0.2) is 29.2 Å². The molecule has 0 radical (unpaired) electrons. The Bertz CT molecular complexity index is 498. The smallest absolute Gasteiger partial charge is 0.322 e. The summed E-state index contributed by atoms with van der Waals surface area (Å²) in [6.07, 6.45) is 0.741. The lowest BCUT2D eigenvalue weighted by Gasteiger charge is -2.09. The van der Waals surface area contributed by atoms with Crippen LogP contribution in [0, 0.1) is 0 Å². The van der Waals surface area contributed by atoms with Crippen LogP contribution in [0.4, 0.5) is 0 Å². The molecular weight excluding hydrogens is 278 g/mol. The Morgan fingerprint density at radius 3 is 2.40 bits per heavy atom. The first-order valence-corrected chi connectivity index (χ1v) is 7.62. The summed E-state index contributed by atoms with van der Waals surface area (Å²) in [4.78, 5) is 23.1. The Morgan fingerprint density at radius 1 is 1.30 bits per heavy atom. The van der Waals surface area contributed by atoms with Gasteiger partial charge in [-0.05, 0) is 24.1 Å². The number of methoxy groups -OCH3 is 1. The SMILES string of the molecule is CCC(=O)CS(=O)c1ccc(CC(N)C(=O)OC)cc1. The number of carbonyl (C=O) groups is 2. The third-order valence-electron chi connectivity index (χ3n) is 2.83. The van der Waals surface area contributed by atoms with E-state index in [-0.39, 0.29) is 11.5 Å². The highest BCUT2D eigenvalue weighted by Crippen LogP contribution is 2.11. The highest BCUT2D eigenvalue weighted by Gasteiger charge is 2.14. The fourth-order valence-electron chi connectivity index (χ4n) is 1.60. The van der Waals surface area contributed by atoms with Gasteiger partial charge in [-0.1, -0.05) is 19.1 Å². The van der Waals surface area contributed by atoms with Gasteiger partial charge in [0.15, 0.2) is 0 Å². The van der Waals surface area contributed by atoms with Crippen LogP contribution in [-0.4, -0.2) is 34.9 Å². The number of esters is 1. The number of rotatable bonds is 7. The van der Waals surface area contributed by atoms with Crippen molar-refractivity contribution in [1.29, 1.82) is 0 Å². The second-order valence-electron chi connectivity index (χ2n) is 4.36. The van der Waals surface area contributed by atoms with E-state index in [1.54, 1.807) is 31.2 Å². The minimum Gasteiger partial charge on any atom is -0.468 e.